The maximum absolute atomic E-state index is 9.37. The van der Waals surface area contributed by atoms with Gasteiger partial charge in [-0.25, -0.2) is 0 Å². The molecule has 0 aliphatic carbocycles. The van der Waals surface area contributed by atoms with Crippen LogP contribution in [0.3, 0.4) is 0 Å². The van der Waals surface area contributed by atoms with Gasteiger partial charge in [0.15, 0.2) is 0 Å². The summed E-state index contributed by atoms with van der Waals surface area (Å²) in [5.41, 5.74) is 0. The standard InChI is InChI=1S/C3H6O2.C2H5O.Na/c1-2-3(4)5;1-2-3;/h2H2,1H3,(H,4,5);3H,1-2H2;. The molecule has 0 atom stereocenters. The van der Waals surface area contributed by atoms with E-state index in [0.717, 1.165) is 31.6 Å². The average molecular weight is 142 g/mol. The zero-order valence-corrected chi connectivity index (χ0v) is 7.92. The molecule has 0 spiro atoms. The molecule has 4 heteroatoms. The first kappa shape index (κ1) is 12.1. The van der Waals surface area contributed by atoms with Crippen LogP contribution in [0.5, 0.6) is 0 Å². The molecule has 2 N–H and O–H groups in total. The van der Waals surface area contributed by atoms with Crippen LogP contribution < -0.4 is 0 Å². The van der Waals surface area contributed by atoms with E-state index < -0.39 is 5.97 Å². The van der Waals surface area contributed by atoms with E-state index in [0.29, 0.717) is 6.61 Å². The van der Waals surface area contributed by atoms with Crippen LogP contribution in [0.1, 0.15) is 13.3 Å². The Kier molecular flexibility index (Phi) is 15.2. The first-order chi connectivity index (χ1) is 4.18. The summed E-state index contributed by atoms with van der Waals surface area (Å²) in [4.78, 5) is 9.37. The van der Waals surface area contributed by atoms with Crippen molar-refractivity contribution in [2.45, 2.75) is 17.0 Å². The summed E-state index contributed by atoms with van der Waals surface area (Å²) in [6.07, 6.45) is 0.222. The molecule has 0 saturated carbocycles. The number of hydrogen-bond donors (Lipinski definition) is 2. The van der Waals surface area contributed by atoms with Gasteiger partial charge in [-0.05, 0) is 0 Å². The molecular formula is C5H11NaO3. The second kappa shape index (κ2) is 11.3. The number of carboxylic acid groups (broad SMARTS) is 1. The molecular weight excluding hydrogens is 131 g/mol. The van der Waals surface area contributed by atoms with Gasteiger partial charge in [0.1, 0.15) is 0 Å². The Morgan fingerprint density at radius 1 is 1.67 bits per heavy atom. The third-order valence-electron chi connectivity index (χ3n) is 0.526. The van der Waals surface area contributed by atoms with Gasteiger partial charge in [-0.2, -0.15) is 0 Å². The second-order valence-electron chi connectivity index (χ2n) is 1.47. The van der Waals surface area contributed by atoms with Crippen molar-refractivity contribution < 1.29 is 15.0 Å². The first-order valence-electron chi connectivity index (χ1n) is 3.01. The van der Waals surface area contributed by atoms with Crippen LogP contribution in [0, 0.1) is 0 Å². The van der Waals surface area contributed by atoms with E-state index in [1.165, 1.54) is 0 Å². The van der Waals surface area contributed by atoms with Gasteiger partial charge >= 0.3 is 49.3 Å². The third-order valence-corrected chi connectivity index (χ3v) is 0.973. The predicted octanol–water partition coefficient (Wildman–Crippen LogP) is 0.0465. The zero-order chi connectivity index (χ0) is 7.70. The molecule has 0 aromatic rings. The van der Waals surface area contributed by atoms with Gasteiger partial charge in [-0.3, -0.25) is 4.79 Å². The molecule has 0 saturated heterocycles. The van der Waals surface area contributed by atoms with Gasteiger partial charge in [-0.1, -0.05) is 6.92 Å². The van der Waals surface area contributed by atoms with Gasteiger partial charge in [0, 0.05) is 6.42 Å². The van der Waals surface area contributed by atoms with Crippen molar-refractivity contribution in [2.24, 2.45) is 0 Å². The molecule has 9 heavy (non-hydrogen) atoms. The Hall–Kier alpha value is 0.430. The van der Waals surface area contributed by atoms with Crippen LogP contribution in [0.4, 0.5) is 0 Å². The topological polar surface area (TPSA) is 57.5 Å². The fourth-order valence-electron chi connectivity index (χ4n) is 0. The van der Waals surface area contributed by atoms with E-state index in [-0.39, 0.29) is 6.42 Å². The Labute approximate surface area is 72.5 Å². The number of rotatable bonds is 2. The molecule has 3 nitrogen and oxygen atoms in total. The van der Waals surface area contributed by atoms with E-state index in [1.54, 1.807) is 6.92 Å². The van der Waals surface area contributed by atoms with Crippen LogP contribution in [0.2, 0.25) is 3.67 Å². The fourth-order valence-corrected chi connectivity index (χ4v) is 0. The quantitative estimate of drug-likeness (QED) is 0.535. The van der Waals surface area contributed by atoms with E-state index in [1.807, 2.05) is 0 Å². The molecule has 0 fully saturated rings. The van der Waals surface area contributed by atoms with Crippen molar-refractivity contribution in [2.75, 3.05) is 6.61 Å². The van der Waals surface area contributed by atoms with Crippen LogP contribution in [0.15, 0.2) is 0 Å². The predicted molar refractivity (Wildman–Crippen MR) is 35.6 cm³/mol. The fraction of sp³-hybridized carbons (Fsp3) is 0.800. The Morgan fingerprint density at radius 2 is 1.89 bits per heavy atom. The Morgan fingerprint density at radius 3 is 1.89 bits per heavy atom. The first-order valence-corrected chi connectivity index (χ1v) is 4.43. The number of carboxylic acids is 1. The molecule has 0 amide bonds. The normalized spacial score (nSPS) is 7.56. The molecule has 0 aromatic carbocycles. The molecule has 0 rings (SSSR count). The van der Waals surface area contributed by atoms with E-state index in [9.17, 15) is 4.79 Å². The van der Waals surface area contributed by atoms with Gasteiger partial charge in [0.25, 0.3) is 0 Å². The molecule has 0 aromatic heterocycles. The summed E-state index contributed by atoms with van der Waals surface area (Å²) in [5.74, 6) is -0.745. The minimum atomic E-state index is -0.745. The minimum absolute atomic E-state index is 0.222. The Bertz CT molecular complexity index is 63.2. The van der Waals surface area contributed by atoms with Crippen LogP contribution in [-0.2, 0) is 4.79 Å². The molecule has 0 bridgehead atoms. The molecule has 0 aliphatic heterocycles. The second-order valence-corrected chi connectivity index (χ2v) is 2.47. The number of hydrogen-bond acceptors (Lipinski definition) is 2. The molecule has 50 valence electrons. The summed E-state index contributed by atoms with van der Waals surface area (Å²) < 4.78 is 1.01. The number of carbonyl (C=O) groups is 1. The number of aliphatic carboxylic acids is 1. The summed E-state index contributed by atoms with van der Waals surface area (Å²) in [7, 11) is 0. The van der Waals surface area contributed by atoms with Crippen molar-refractivity contribution in [3.8, 4) is 0 Å². The van der Waals surface area contributed by atoms with Gasteiger partial charge < -0.3 is 5.11 Å². The average Bonchev–Trinajstić information content (AvgIpc) is 1.89. The number of aliphatic hydroxyl groups excluding tert-OH is 1. The molecule has 0 unspecified atom stereocenters. The SMILES string of the molecule is CCC(=O)O.OC[CH2][Na]. The monoisotopic (exact) mass is 142 g/mol. The zero-order valence-electron chi connectivity index (χ0n) is 5.92. The van der Waals surface area contributed by atoms with Gasteiger partial charge in [0.2, 0.25) is 0 Å². The Balaban J connectivity index is 0. The molecule has 0 aliphatic rings. The third kappa shape index (κ3) is 29.6. The maximum atomic E-state index is 9.37. The number of aliphatic hydroxyl groups is 1. The summed E-state index contributed by atoms with van der Waals surface area (Å²) in [5, 5.41) is 15.6. The van der Waals surface area contributed by atoms with Crippen molar-refractivity contribution in [1.82, 2.24) is 0 Å². The molecule has 0 radical (unpaired) electrons. The van der Waals surface area contributed by atoms with Crippen molar-refractivity contribution in [3.05, 3.63) is 0 Å². The van der Waals surface area contributed by atoms with Crippen LogP contribution in [-0.4, -0.2) is 50.7 Å². The van der Waals surface area contributed by atoms with Gasteiger partial charge in [0.05, 0.1) is 0 Å². The van der Waals surface area contributed by atoms with E-state index in [4.69, 9.17) is 10.2 Å². The van der Waals surface area contributed by atoms with Gasteiger partial charge in [-0.15, -0.1) is 0 Å². The summed E-state index contributed by atoms with van der Waals surface area (Å²) in [6, 6.07) is 0. The van der Waals surface area contributed by atoms with Crippen LogP contribution in [0.25, 0.3) is 0 Å². The summed E-state index contributed by atoms with van der Waals surface area (Å²) >= 11 is 1.14. The van der Waals surface area contributed by atoms with E-state index >= 15 is 0 Å². The summed E-state index contributed by atoms with van der Waals surface area (Å²) in [6.45, 7) is 1.98. The van der Waals surface area contributed by atoms with E-state index in [2.05, 4.69) is 0 Å². The van der Waals surface area contributed by atoms with Crippen molar-refractivity contribution in [1.29, 1.82) is 0 Å². The molecule has 0 heterocycles. The van der Waals surface area contributed by atoms with Crippen LogP contribution >= 0.6 is 0 Å². The van der Waals surface area contributed by atoms with Crippen molar-refractivity contribution in [3.63, 3.8) is 0 Å². The van der Waals surface area contributed by atoms with Crippen molar-refractivity contribution >= 4 is 33.9 Å².